The van der Waals surface area contributed by atoms with E-state index in [1.807, 2.05) is 67.6 Å². The maximum absolute atomic E-state index is 12.4. The van der Waals surface area contributed by atoms with Crippen LogP contribution in [0.5, 0.6) is 5.75 Å². The minimum absolute atomic E-state index is 0.278. The van der Waals surface area contributed by atoms with E-state index in [2.05, 4.69) is 48.6 Å². The van der Waals surface area contributed by atoms with Crippen molar-refractivity contribution in [3.05, 3.63) is 99.4 Å². The van der Waals surface area contributed by atoms with Crippen molar-refractivity contribution in [2.45, 2.75) is 13.5 Å². The molecule has 0 atom stereocenters. The molecule has 0 radical (unpaired) electrons. The highest BCUT2D eigenvalue weighted by Crippen LogP contribution is 2.15. The minimum atomic E-state index is -0.278. The molecule has 0 aliphatic heterocycles. The molecule has 8 nitrogen and oxygen atoms in total. The fourth-order valence-electron chi connectivity index (χ4n) is 2.85. The van der Waals surface area contributed by atoms with E-state index < -0.39 is 0 Å². The zero-order valence-electron chi connectivity index (χ0n) is 17.1. The smallest absolute Gasteiger partial charge is 0.271 e. The van der Waals surface area contributed by atoms with Gasteiger partial charge in [-0.25, -0.2) is 10.1 Å². The van der Waals surface area contributed by atoms with Crippen molar-refractivity contribution in [3.8, 4) is 11.4 Å². The first-order valence-corrected chi connectivity index (χ1v) is 10.8. The highest BCUT2D eigenvalue weighted by molar-refractivity contribution is 14.1. The maximum Gasteiger partial charge on any atom is 0.271 e. The molecule has 4 rings (SSSR count). The molecule has 0 saturated carbocycles. The van der Waals surface area contributed by atoms with E-state index in [4.69, 9.17) is 4.74 Å². The number of hydrogen-bond donors (Lipinski definition) is 1. The lowest BCUT2D eigenvalue weighted by molar-refractivity contribution is 0.0955. The molecule has 32 heavy (non-hydrogen) atoms. The summed E-state index contributed by atoms with van der Waals surface area (Å²) in [5.74, 6) is 0.530. The molecule has 9 heteroatoms. The van der Waals surface area contributed by atoms with Gasteiger partial charge in [0, 0.05) is 9.13 Å². The summed E-state index contributed by atoms with van der Waals surface area (Å²) >= 11 is 2.25. The average Bonchev–Trinajstić information content (AvgIpc) is 3.37. The Kier molecular flexibility index (Phi) is 6.85. The molecule has 1 amide bonds. The number of hydrogen-bond acceptors (Lipinski definition) is 6. The van der Waals surface area contributed by atoms with Crippen molar-refractivity contribution < 1.29 is 9.53 Å². The van der Waals surface area contributed by atoms with Crippen LogP contribution in [0.15, 0.2) is 84.2 Å². The number of carbonyl (C=O) groups is 1. The van der Waals surface area contributed by atoms with Crippen LogP contribution in [0.1, 0.15) is 28.4 Å². The number of tetrazole rings is 1. The van der Waals surface area contributed by atoms with Gasteiger partial charge in [-0.15, -0.1) is 5.10 Å². The Hall–Kier alpha value is -3.60. The van der Waals surface area contributed by atoms with E-state index in [1.54, 1.807) is 16.8 Å². The first kappa shape index (κ1) is 21.6. The lowest BCUT2D eigenvalue weighted by atomic mass is 10.1. The fourth-order valence-corrected chi connectivity index (χ4v) is 3.21. The molecule has 0 spiro atoms. The van der Waals surface area contributed by atoms with Gasteiger partial charge in [0.15, 0.2) is 0 Å². The molecular weight excluding hydrogens is 519 g/mol. The predicted molar refractivity (Wildman–Crippen MR) is 129 cm³/mol. The topological polar surface area (TPSA) is 94.3 Å². The number of benzene rings is 3. The van der Waals surface area contributed by atoms with E-state index in [-0.39, 0.29) is 5.91 Å². The van der Waals surface area contributed by atoms with Crippen molar-refractivity contribution in [2.24, 2.45) is 5.10 Å². The monoisotopic (exact) mass is 538 g/mol. The lowest BCUT2D eigenvalue weighted by Crippen LogP contribution is -2.19. The summed E-state index contributed by atoms with van der Waals surface area (Å²) in [5.41, 5.74) is 6.50. The second-order valence-corrected chi connectivity index (χ2v) is 8.12. The van der Waals surface area contributed by atoms with Gasteiger partial charge in [0.2, 0.25) is 0 Å². The number of nitrogens with zero attached hydrogens (tertiary/aromatic N) is 5. The van der Waals surface area contributed by atoms with Gasteiger partial charge >= 0.3 is 0 Å². The number of hydrazone groups is 1. The van der Waals surface area contributed by atoms with Gasteiger partial charge in [0.05, 0.1) is 11.4 Å². The normalized spacial score (nSPS) is 11.2. The SMILES string of the molecule is CC(=NNC(=O)c1ccc(COc2ccc(I)cc2)cc1)c1ccc(-n2cnnn2)cc1. The van der Waals surface area contributed by atoms with E-state index >= 15 is 0 Å². The molecule has 0 fully saturated rings. The standard InChI is InChI=1S/C23H19IN6O2/c1-16(18-6-10-21(11-7-18)30-15-25-28-29-30)26-27-23(31)19-4-2-17(3-5-19)14-32-22-12-8-20(24)9-13-22/h2-13,15H,14H2,1H3,(H,27,31). The second kappa shape index (κ2) is 10.1. The van der Waals surface area contributed by atoms with Gasteiger partial charge in [-0.2, -0.15) is 5.10 Å². The number of ether oxygens (including phenoxy) is 1. The quantitative estimate of drug-likeness (QED) is 0.218. The Labute approximate surface area is 198 Å². The van der Waals surface area contributed by atoms with Gasteiger partial charge in [0.25, 0.3) is 5.91 Å². The third-order valence-corrected chi connectivity index (χ3v) is 5.38. The highest BCUT2D eigenvalue weighted by atomic mass is 127. The van der Waals surface area contributed by atoms with Crippen LogP contribution >= 0.6 is 22.6 Å². The Morgan fingerprint density at radius 1 is 1.00 bits per heavy atom. The molecule has 1 heterocycles. The number of rotatable bonds is 7. The molecule has 0 bridgehead atoms. The van der Waals surface area contributed by atoms with E-state index in [9.17, 15) is 4.79 Å². The van der Waals surface area contributed by atoms with Crippen molar-refractivity contribution >= 4 is 34.2 Å². The third-order valence-electron chi connectivity index (χ3n) is 4.66. The van der Waals surface area contributed by atoms with Crippen LogP contribution in [0.2, 0.25) is 0 Å². The van der Waals surface area contributed by atoms with Crippen molar-refractivity contribution in [1.29, 1.82) is 0 Å². The molecule has 1 N–H and O–H groups in total. The average molecular weight is 538 g/mol. The van der Waals surface area contributed by atoms with Gasteiger partial charge in [-0.05, 0) is 99.6 Å². The summed E-state index contributed by atoms with van der Waals surface area (Å²) in [4.78, 5) is 12.4. The summed E-state index contributed by atoms with van der Waals surface area (Å²) in [7, 11) is 0. The van der Waals surface area contributed by atoms with Crippen LogP contribution < -0.4 is 10.2 Å². The van der Waals surface area contributed by atoms with Crippen molar-refractivity contribution in [1.82, 2.24) is 25.6 Å². The number of nitrogens with one attached hydrogen (secondary N) is 1. The molecule has 160 valence electrons. The van der Waals surface area contributed by atoms with Crippen LogP contribution in [-0.2, 0) is 6.61 Å². The summed E-state index contributed by atoms with van der Waals surface area (Å²) in [6.07, 6.45) is 1.52. The number of halogens is 1. The van der Waals surface area contributed by atoms with Gasteiger partial charge in [-0.3, -0.25) is 4.79 Å². The lowest BCUT2D eigenvalue weighted by Gasteiger charge is -2.07. The first-order valence-electron chi connectivity index (χ1n) is 9.74. The number of carbonyl (C=O) groups excluding carboxylic acids is 1. The van der Waals surface area contributed by atoms with Crippen LogP contribution in [0.25, 0.3) is 5.69 Å². The van der Waals surface area contributed by atoms with Crippen molar-refractivity contribution in [3.63, 3.8) is 0 Å². The van der Waals surface area contributed by atoms with Crippen LogP contribution in [-0.4, -0.2) is 31.8 Å². The predicted octanol–water partition coefficient (Wildman–Crippen LogP) is 4.00. The van der Waals surface area contributed by atoms with Gasteiger partial charge < -0.3 is 4.74 Å². The van der Waals surface area contributed by atoms with E-state index in [0.29, 0.717) is 17.9 Å². The van der Waals surface area contributed by atoms with Crippen LogP contribution in [0.4, 0.5) is 0 Å². The maximum atomic E-state index is 12.4. The van der Waals surface area contributed by atoms with Crippen LogP contribution in [0.3, 0.4) is 0 Å². The Bertz CT molecular complexity index is 1210. The highest BCUT2D eigenvalue weighted by Gasteiger charge is 2.06. The molecule has 1 aromatic heterocycles. The van der Waals surface area contributed by atoms with Gasteiger partial charge in [-0.1, -0.05) is 24.3 Å². The molecular formula is C23H19IN6O2. The molecule has 0 aliphatic carbocycles. The second-order valence-electron chi connectivity index (χ2n) is 6.88. The first-order chi connectivity index (χ1) is 15.6. The largest absolute Gasteiger partial charge is 0.489 e. The Morgan fingerprint density at radius 3 is 2.34 bits per heavy atom. The fraction of sp³-hybridized carbons (Fsp3) is 0.0870. The number of amides is 1. The molecule has 4 aromatic rings. The zero-order valence-corrected chi connectivity index (χ0v) is 19.3. The number of aromatic nitrogens is 4. The van der Waals surface area contributed by atoms with Crippen LogP contribution in [0, 0.1) is 3.57 Å². The molecule has 0 unspecified atom stereocenters. The molecule has 0 aliphatic rings. The molecule has 3 aromatic carbocycles. The summed E-state index contributed by atoms with van der Waals surface area (Å²) in [6, 6.07) is 22.7. The minimum Gasteiger partial charge on any atom is -0.489 e. The Balaban J connectivity index is 1.32. The summed E-state index contributed by atoms with van der Waals surface area (Å²) < 4.78 is 8.49. The third kappa shape index (κ3) is 5.55. The van der Waals surface area contributed by atoms with E-state index in [0.717, 1.165) is 26.1 Å². The zero-order chi connectivity index (χ0) is 22.3. The van der Waals surface area contributed by atoms with Crippen molar-refractivity contribution in [2.75, 3.05) is 0 Å². The Morgan fingerprint density at radius 2 is 1.69 bits per heavy atom. The summed E-state index contributed by atoms with van der Waals surface area (Å²) in [5, 5.41) is 15.3. The molecule has 0 saturated heterocycles. The van der Waals surface area contributed by atoms with E-state index in [1.165, 1.54) is 6.33 Å². The van der Waals surface area contributed by atoms with Gasteiger partial charge in [0.1, 0.15) is 18.7 Å². The summed E-state index contributed by atoms with van der Waals surface area (Å²) in [6.45, 7) is 2.26.